The Hall–Kier alpha value is -1.23. The number of likely N-dealkylation sites (tertiary alicyclic amines) is 1. The fourth-order valence-corrected chi connectivity index (χ4v) is 2.26. The van der Waals surface area contributed by atoms with Gasteiger partial charge in [0.05, 0.1) is 7.11 Å². The van der Waals surface area contributed by atoms with E-state index in [0.717, 1.165) is 12.0 Å². The molecule has 0 spiro atoms. The van der Waals surface area contributed by atoms with E-state index in [-0.39, 0.29) is 0 Å². The van der Waals surface area contributed by atoms with Crippen molar-refractivity contribution in [2.75, 3.05) is 20.2 Å². The van der Waals surface area contributed by atoms with Gasteiger partial charge in [-0.1, -0.05) is 13.3 Å². The molecule has 2 heterocycles. The first-order chi connectivity index (χ1) is 8.15. The van der Waals surface area contributed by atoms with Crippen LogP contribution in [-0.2, 0) is 6.54 Å². The number of rotatable bonds is 5. The first-order valence-corrected chi connectivity index (χ1v) is 5.91. The van der Waals surface area contributed by atoms with Gasteiger partial charge in [-0.15, -0.1) is 0 Å². The molecule has 1 aromatic heterocycles. The van der Waals surface area contributed by atoms with Crippen LogP contribution in [0.5, 0.6) is 6.01 Å². The lowest BCUT2D eigenvalue weighted by molar-refractivity contribution is -0.0431. The first-order valence-electron chi connectivity index (χ1n) is 5.91. The van der Waals surface area contributed by atoms with E-state index in [1.807, 2.05) is 6.92 Å². The Bertz CT molecular complexity index is 363. The van der Waals surface area contributed by atoms with Gasteiger partial charge in [-0.2, -0.15) is 0 Å². The van der Waals surface area contributed by atoms with Crippen molar-refractivity contribution in [3.63, 3.8) is 0 Å². The monoisotopic (exact) mass is 239 g/mol. The van der Waals surface area contributed by atoms with Crippen LogP contribution >= 0.6 is 0 Å². The zero-order chi connectivity index (χ0) is 12.3. The van der Waals surface area contributed by atoms with E-state index >= 15 is 0 Å². The number of nitrogens with zero attached hydrogens (tertiary/aromatic N) is 3. The summed E-state index contributed by atoms with van der Waals surface area (Å²) < 4.78 is 18.8. The lowest BCUT2D eigenvalue weighted by Crippen LogP contribution is -2.58. The maximum absolute atomic E-state index is 13.9. The molecular formula is C12H18FN3O. The number of aromatic nitrogens is 2. The first kappa shape index (κ1) is 12.2. The van der Waals surface area contributed by atoms with Gasteiger partial charge in [-0.25, -0.2) is 14.4 Å². The van der Waals surface area contributed by atoms with Crippen molar-refractivity contribution >= 4 is 0 Å². The van der Waals surface area contributed by atoms with Crippen LogP contribution in [0.15, 0.2) is 12.4 Å². The number of alkyl halides is 1. The molecule has 0 bridgehead atoms. The summed E-state index contributed by atoms with van der Waals surface area (Å²) in [6.45, 7) is 3.76. The summed E-state index contributed by atoms with van der Waals surface area (Å²) in [5.74, 6) is 0. The molecule has 1 aliphatic heterocycles. The van der Waals surface area contributed by atoms with Crippen molar-refractivity contribution in [3.8, 4) is 6.01 Å². The SMILES string of the molecule is CCCC1(F)CN(Cc2cnc(OC)nc2)C1. The van der Waals surface area contributed by atoms with Crippen molar-refractivity contribution in [2.24, 2.45) is 0 Å². The molecule has 0 saturated carbocycles. The summed E-state index contributed by atoms with van der Waals surface area (Å²) >= 11 is 0. The zero-order valence-corrected chi connectivity index (χ0v) is 10.3. The Morgan fingerprint density at radius 1 is 1.41 bits per heavy atom. The Morgan fingerprint density at radius 2 is 2.06 bits per heavy atom. The molecule has 0 amide bonds. The fraction of sp³-hybridized carbons (Fsp3) is 0.667. The van der Waals surface area contributed by atoms with Gasteiger partial charge in [0.2, 0.25) is 0 Å². The summed E-state index contributed by atoms with van der Waals surface area (Å²) in [7, 11) is 1.53. The van der Waals surface area contributed by atoms with Crippen LogP contribution < -0.4 is 4.74 Å². The average molecular weight is 239 g/mol. The van der Waals surface area contributed by atoms with Crippen LogP contribution in [0.3, 0.4) is 0 Å². The van der Waals surface area contributed by atoms with Crippen molar-refractivity contribution in [3.05, 3.63) is 18.0 Å². The number of ether oxygens (including phenoxy) is 1. The van der Waals surface area contributed by atoms with Crippen LogP contribution in [0.2, 0.25) is 0 Å². The maximum Gasteiger partial charge on any atom is 0.316 e. The van der Waals surface area contributed by atoms with E-state index in [1.54, 1.807) is 12.4 Å². The second-order valence-corrected chi connectivity index (χ2v) is 4.62. The van der Waals surface area contributed by atoms with E-state index in [0.29, 0.717) is 32.1 Å². The topological polar surface area (TPSA) is 38.2 Å². The zero-order valence-electron chi connectivity index (χ0n) is 10.3. The molecule has 0 N–H and O–H groups in total. The summed E-state index contributed by atoms with van der Waals surface area (Å²) in [6.07, 6.45) is 5.01. The highest BCUT2D eigenvalue weighted by Crippen LogP contribution is 2.31. The van der Waals surface area contributed by atoms with Gasteiger partial charge in [-0.05, 0) is 6.42 Å². The standard InChI is InChI=1S/C12H18FN3O/c1-3-4-12(13)8-16(9-12)7-10-5-14-11(17-2)15-6-10/h5-6H,3-4,7-9H2,1-2H3. The number of hydrogen-bond acceptors (Lipinski definition) is 4. The minimum atomic E-state index is -0.970. The second kappa shape index (κ2) is 4.96. The van der Waals surface area contributed by atoms with Crippen LogP contribution in [0.25, 0.3) is 0 Å². The van der Waals surface area contributed by atoms with Gasteiger partial charge >= 0.3 is 6.01 Å². The molecule has 0 unspecified atom stereocenters. The predicted octanol–water partition coefficient (Wildman–Crippen LogP) is 1.81. The molecule has 94 valence electrons. The number of methoxy groups -OCH3 is 1. The summed E-state index contributed by atoms with van der Waals surface area (Å²) in [6, 6.07) is 0.364. The molecule has 4 nitrogen and oxygen atoms in total. The molecule has 1 saturated heterocycles. The van der Waals surface area contributed by atoms with E-state index in [9.17, 15) is 4.39 Å². The molecule has 2 rings (SSSR count). The fourth-order valence-electron chi connectivity index (χ4n) is 2.26. The summed E-state index contributed by atoms with van der Waals surface area (Å²) in [4.78, 5) is 10.1. The lowest BCUT2D eigenvalue weighted by atomic mass is 9.91. The summed E-state index contributed by atoms with van der Waals surface area (Å²) in [5.41, 5.74) is 0.0200. The van der Waals surface area contributed by atoms with Gasteiger partial charge < -0.3 is 4.74 Å². The van der Waals surface area contributed by atoms with Crippen molar-refractivity contribution in [1.29, 1.82) is 0 Å². The highest BCUT2D eigenvalue weighted by atomic mass is 19.1. The Morgan fingerprint density at radius 3 is 2.59 bits per heavy atom. The van der Waals surface area contributed by atoms with Crippen LogP contribution in [0.4, 0.5) is 4.39 Å². The van der Waals surface area contributed by atoms with Gasteiger partial charge in [0, 0.05) is 37.6 Å². The van der Waals surface area contributed by atoms with Crippen LogP contribution in [0.1, 0.15) is 25.3 Å². The maximum atomic E-state index is 13.9. The van der Waals surface area contributed by atoms with Gasteiger partial charge in [0.1, 0.15) is 5.67 Å². The molecule has 1 fully saturated rings. The Labute approximate surface area is 101 Å². The minimum Gasteiger partial charge on any atom is -0.467 e. The Balaban J connectivity index is 1.83. The quantitative estimate of drug-likeness (QED) is 0.785. The Kier molecular flexibility index (Phi) is 3.57. The summed E-state index contributed by atoms with van der Waals surface area (Å²) in [5, 5.41) is 0. The van der Waals surface area contributed by atoms with Crippen LogP contribution in [0, 0.1) is 0 Å². The predicted molar refractivity (Wildman–Crippen MR) is 62.6 cm³/mol. The van der Waals surface area contributed by atoms with Crippen molar-refractivity contribution in [1.82, 2.24) is 14.9 Å². The van der Waals surface area contributed by atoms with Gasteiger partial charge in [-0.3, -0.25) is 4.90 Å². The molecular weight excluding hydrogens is 221 g/mol. The van der Waals surface area contributed by atoms with Gasteiger partial charge in [0.15, 0.2) is 0 Å². The van der Waals surface area contributed by atoms with E-state index in [1.165, 1.54) is 7.11 Å². The highest BCUT2D eigenvalue weighted by molar-refractivity contribution is 5.09. The third-order valence-electron chi connectivity index (χ3n) is 2.98. The molecule has 1 aromatic rings. The molecule has 1 aliphatic rings. The third kappa shape index (κ3) is 2.91. The molecule has 0 aliphatic carbocycles. The van der Waals surface area contributed by atoms with Gasteiger partial charge in [0.25, 0.3) is 0 Å². The van der Waals surface area contributed by atoms with E-state index < -0.39 is 5.67 Å². The molecule has 0 aromatic carbocycles. The largest absolute Gasteiger partial charge is 0.467 e. The molecule has 0 atom stereocenters. The van der Waals surface area contributed by atoms with Crippen molar-refractivity contribution < 1.29 is 9.13 Å². The van der Waals surface area contributed by atoms with E-state index in [2.05, 4.69) is 14.9 Å². The minimum absolute atomic E-state index is 0.364. The molecule has 17 heavy (non-hydrogen) atoms. The van der Waals surface area contributed by atoms with E-state index in [4.69, 9.17) is 4.74 Å². The number of hydrogen-bond donors (Lipinski definition) is 0. The average Bonchev–Trinajstić information content (AvgIpc) is 2.28. The normalized spacial score (nSPS) is 18.8. The van der Waals surface area contributed by atoms with Crippen LogP contribution in [-0.4, -0.2) is 40.7 Å². The smallest absolute Gasteiger partial charge is 0.316 e. The second-order valence-electron chi connectivity index (χ2n) is 4.62. The molecule has 0 radical (unpaired) electrons. The highest BCUT2D eigenvalue weighted by Gasteiger charge is 2.42. The third-order valence-corrected chi connectivity index (χ3v) is 2.98. The lowest BCUT2D eigenvalue weighted by Gasteiger charge is -2.44. The molecule has 5 heteroatoms. The van der Waals surface area contributed by atoms with Crippen molar-refractivity contribution in [2.45, 2.75) is 32.0 Å². The number of halogens is 1.